The lowest BCUT2D eigenvalue weighted by Gasteiger charge is -2.27. The summed E-state index contributed by atoms with van der Waals surface area (Å²) in [6.07, 6.45) is 3.19. The molecule has 3 aromatic rings. The van der Waals surface area contributed by atoms with E-state index in [4.69, 9.17) is 10.8 Å². The standard InChI is InChI=1S/C25H27BrN4O5.ClH/c26-17-10-16-6-7-18(30-23(16)20(11-17)29-24(34)25(30)35)12-21(31)28-19-8-5-14(13-27)9-15(19)3-1-2-4-22(32)33;/h5,8-11,18H,1-4,6-7,12-13,27H2,(H,28,31)(H,29,34)(H,32,33);1H/t18-;/m0./s1. The first-order chi connectivity index (χ1) is 16.8. The molecule has 2 heterocycles. The fourth-order valence-corrected chi connectivity index (χ4v) is 5.22. The van der Waals surface area contributed by atoms with Crippen LogP contribution in [0.3, 0.4) is 0 Å². The number of carbonyl (C=O) groups is 2. The highest BCUT2D eigenvalue weighted by Gasteiger charge is 2.26. The predicted molar refractivity (Wildman–Crippen MR) is 144 cm³/mol. The van der Waals surface area contributed by atoms with Crippen molar-refractivity contribution < 1.29 is 14.7 Å². The topological polar surface area (TPSA) is 147 Å². The molecule has 192 valence electrons. The molecule has 1 aliphatic rings. The van der Waals surface area contributed by atoms with Crippen LogP contribution in [0.4, 0.5) is 5.69 Å². The summed E-state index contributed by atoms with van der Waals surface area (Å²) in [6.45, 7) is 0.357. The zero-order valence-electron chi connectivity index (χ0n) is 19.5. The number of anilines is 1. The number of halogens is 2. The van der Waals surface area contributed by atoms with Crippen LogP contribution < -0.4 is 22.2 Å². The van der Waals surface area contributed by atoms with E-state index in [1.165, 1.54) is 4.57 Å². The van der Waals surface area contributed by atoms with Gasteiger partial charge in [0.05, 0.1) is 11.0 Å². The number of carbonyl (C=O) groups excluding carboxylic acids is 1. The number of nitrogens with one attached hydrogen (secondary N) is 2. The van der Waals surface area contributed by atoms with Crippen molar-refractivity contribution in [3.8, 4) is 0 Å². The molecule has 0 aliphatic carbocycles. The highest BCUT2D eigenvalue weighted by atomic mass is 79.9. The number of rotatable bonds is 9. The number of H-pyrrole nitrogens is 1. The van der Waals surface area contributed by atoms with Gasteiger partial charge in [0.25, 0.3) is 0 Å². The van der Waals surface area contributed by atoms with Crippen molar-refractivity contribution in [2.24, 2.45) is 5.73 Å². The lowest BCUT2D eigenvalue weighted by Crippen LogP contribution is -2.41. The molecule has 4 rings (SSSR count). The van der Waals surface area contributed by atoms with E-state index < -0.39 is 23.1 Å². The number of nitrogens with zero attached hydrogens (tertiary/aromatic N) is 1. The first-order valence-electron chi connectivity index (χ1n) is 11.6. The lowest BCUT2D eigenvalue weighted by atomic mass is 9.96. The van der Waals surface area contributed by atoms with Gasteiger partial charge in [-0.1, -0.05) is 28.1 Å². The molecule has 9 nitrogen and oxygen atoms in total. The van der Waals surface area contributed by atoms with Crippen LogP contribution in [0.1, 0.15) is 54.8 Å². The second-order valence-corrected chi connectivity index (χ2v) is 9.75. The lowest BCUT2D eigenvalue weighted by molar-refractivity contribution is -0.137. The smallest absolute Gasteiger partial charge is 0.317 e. The maximum atomic E-state index is 13.1. The minimum absolute atomic E-state index is 0. The molecule has 36 heavy (non-hydrogen) atoms. The molecular weight excluding hydrogens is 552 g/mol. The Hall–Kier alpha value is -2.95. The molecule has 0 spiro atoms. The first-order valence-corrected chi connectivity index (χ1v) is 12.4. The zero-order chi connectivity index (χ0) is 25.1. The van der Waals surface area contributed by atoms with Gasteiger partial charge in [-0.05, 0) is 67.0 Å². The number of carboxylic acid groups (broad SMARTS) is 1. The van der Waals surface area contributed by atoms with Crippen molar-refractivity contribution in [1.82, 2.24) is 9.55 Å². The van der Waals surface area contributed by atoms with Gasteiger partial charge < -0.3 is 21.1 Å². The summed E-state index contributed by atoms with van der Waals surface area (Å²) in [7, 11) is 0. The van der Waals surface area contributed by atoms with E-state index in [0.717, 1.165) is 21.2 Å². The Bertz CT molecular complexity index is 1420. The first kappa shape index (κ1) is 27.6. The Morgan fingerprint density at radius 2 is 1.97 bits per heavy atom. The number of amides is 1. The number of aromatic amines is 1. The summed E-state index contributed by atoms with van der Waals surface area (Å²) in [5.74, 6) is -1.09. The highest BCUT2D eigenvalue weighted by molar-refractivity contribution is 9.10. The van der Waals surface area contributed by atoms with Crippen LogP contribution in [0.15, 0.2) is 44.4 Å². The van der Waals surface area contributed by atoms with Crippen molar-refractivity contribution in [3.63, 3.8) is 0 Å². The number of unbranched alkanes of at least 4 members (excludes halogenated alkanes) is 1. The number of carboxylic acids is 1. The summed E-state index contributed by atoms with van der Waals surface area (Å²) >= 11 is 3.44. The summed E-state index contributed by atoms with van der Waals surface area (Å²) in [4.78, 5) is 51.6. The number of aryl methyl sites for hydroxylation is 2. The van der Waals surface area contributed by atoms with Gasteiger partial charge in [-0.15, -0.1) is 12.4 Å². The third kappa shape index (κ3) is 6.05. The molecule has 0 radical (unpaired) electrons. The monoisotopic (exact) mass is 578 g/mol. The second-order valence-electron chi connectivity index (χ2n) is 8.83. The SMILES string of the molecule is Cl.NCc1ccc(NC(=O)C[C@@H]2CCc3cc(Br)cc4[nH]c(=O)c(=O)n2c34)c(CCCCC(=O)O)c1. The average molecular weight is 580 g/mol. The molecule has 2 aromatic carbocycles. The van der Waals surface area contributed by atoms with E-state index in [1.54, 1.807) is 12.1 Å². The third-order valence-electron chi connectivity index (χ3n) is 6.36. The van der Waals surface area contributed by atoms with Gasteiger partial charge in [0, 0.05) is 35.6 Å². The number of aliphatic carboxylic acids is 1. The van der Waals surface area contributed by atoms with Gasteiger partial charge in [0.1, 0.15) is 0 Å². The summed E-state index contributed by atoms with van der Waals surface area (Å²) in [6, 6.07) is 8.82. The van der Waals surface area contributed by atoms with Crippen molar-refractivity contribution >= 4 is 56.9 Å². The van der Waals surface area contributed by atoms with Gasteiger partial charge in [-0.25, -0.2) is 0 Å². The van der Waals surface area contributed by atoms with Crippen LogP contribution in [0.25, 0.3) is 11.0 Å². The number of benzene rings is 2. The van der Waals surface area contributed by atoms with Crippen molar-refractivity contribution in [1.29, 1.82) is 0 Å². The molecule has 0 bridgehead atoms. The van der Waals surface area contributed by atoms with Crippen LogP contribution in [0.2, 0.25) is 0 Å². The highest BCUT2D eigenvalue weighted by Crippen LogP contribution is 2.32. The van der Waals surface area contributed by atoms with E-state index in [1.807, 2.05) is 18.2 Å². The minimum atomic E-state index is -0.834. The average Bonchev–Trinajstić information content (AvgIpc) is 2.81. The number of hydrogen-bond donors (Lipinski definition) is 4. The number of aromatic nitrogens is 2. The van der Waals surface area contributed by atoms with E-state index in [9.17, 15) is 19.2 Å². The van der Waals surface area contributed by atoms with Gasteiger partial charge in [0.2, 0.25) is 5.91 Å². The Morgan fingerprint density at radius 1 is 1.19 bits per heavy atom. The Labute approximate surface area is 221 Å². The molecule has 0 unspecified atom stereocenters. The van der Waals surface area contributed by atoms with Crippen molar-refractivity contribution in [3.05, 3.63) is 72.2 Å². The summed E-state index contributed by atoms with van der Waals surface area (Å²) in [5, 5.41) is 11.8. The molecule has 1 aromatic heterocycles. The van der Waals surface area contributed by atoms with Gasteiger partial charge in [0.15, 0.2) is 0 Å². The molecule has 0 saturated carbocycles. The Balaban J connectivity index is 0.00000361. The number of nitrogens with two attached hydrogens (primary N) is 1. The van der Waals surface area contributed by atoms with Crippen LogP contribution >= 0.6 is 28.3 Å². The molecule has 1 amide bonds. The Morgan fingerprint density at radius 3 is 2.69 bits per heavy atom. The van der Waals surface area contributed by atoms with Crippen LogP contribution in [0.5, 0.6) is 0 Å². The van der Waals surface area contributed by atoms with Crippen molar-refractivity contribution in [2.45, 2.75) is 57.5 Å². The maximum absolute atomic E-state index is 13.1. The second kappa shape index (κ2) is 11.9. The molecular formula is C25H28BrClN4O5. The van der Waals surface area contributed by atoms with Crippen LogP contribution in [-0.2, 0) is 29.0 Å². The van der Waals surface area contributed by atoms with Gasteiger partial charge >= 0.3 is 17.1 Å². The normalized spacial score (nSPS) is 14.3. The Kier molecular flexibility index (Phi) is 9.10. The fourth-order valence-electron chi connectivity index (χ4n) is 4.72. The quantitative estimate of drug-likeness (QED) is 0.225. The van der Waals surface area contributed by atoms with Gasteiger partial charge in [-0.2, -0.15) is 0 Å². The minimum Gasteiger partial charge on any atom is -0.481 e. The number of hydrogen-bond acceptors (Lipinski definition) is 5. The molecule has 11 heteroatoms. The molecule has 1 aliphatic heterocycles. The third-order valence-corrected chi connectivity index (χ3v) is 6.81. The predicted octanol–water partition coefficient (Wildman–Crippen LogP) is 3.65. The molecule has 1 atom stereocenters. The largest absolute Gasteiger partial charge is 0.481 e. The van der Waals surface area contributed by atoms with Crippen molar-refractivity contribution in [2.75, 3.05) is 5.32 Å². The van der Waals surface area contributed by atoms with Crippen LogP contribution in [-0.4, -0.2) is 26.5 Å². The van der Waals surface area contributed by atoms with E-state index in [-0.39, 0.29) is 31.2 Å². The molecule has 5 N–H and O–H groups in total. The van der Waals surface area contributed by atoms with Gasteiger partial charge in [-0.3, -0.25) is 23.7 Å². The van der Waals surface area contributed by atoms with Crippen LogP contribution in [0, 0.1) is 0 Å². The van der Waals surface area contributed by atoms with E-state index in [0.29, 0.717) is 55.4 Å². The fraction of sp³-hybridized carbons (Fsp3) is 0.360. The molecule has 0 fully saturated rings. The summed E-state index contributed by atoms with van der Waals surface area (Å²) in [5.41, 5.74) is 9.02. The molecule has 0 saturated heterocycles. The van der Waals surface area contributed by atoms with E-state index in [2.05, 4.69) is 26.2 Å². The van der Waals surface area contributed by atoms with E-state index >= 15 is 0 Å². The summed E-state index contributed by atoms with van der Waals surface area (Å²) < 4.78 is 2.28. The zero-order valence-corrected chi connectivity index (χ0v) is 21.9. The maximum Gasteiger partial charge on any atom is 0.317 e.